The maximum atomic E-state index is 13.3. The Balaban J connectivity index is 1.90. The molecule has 0 spiro atoms. The van der Waals surface area contributed by atoms with E-state index in [2.05, 4.69) is 40.1 Å². The molecule has 1 aliphatic carbocycles. The van der Waals surface area contributed by atoms with Crippen LogP contribution >= 0.6 is 11.3 Å². The summed E-state index contributed by atoms with van der Waals surface area (Å²) in [6, 6.07) is -0.962. The molecule has 40 heavy (non-hydrogen) atoms. The quantitative estimate of drug-likeness (QED) is 0.225. The maximum absolute atomic E-state index is 13.3. The Morgan fingerprint density at radius 1 is 1.23 bits per heavy atom. The molecule has 3 rings (SSSR count). The third-order valence-electron chi connectivity index (χ3n) is 6.26. The summed E-state index contributed by atoms with van der Waals surface area (Å²) in [5.74, 6) is -1.73. The predicted molar refractivity (Wildman–Crippen MR) is 146 cm³/mol. The van der Waals surface area contributed by atoms with Crippen LogP contribution in [0.3, 0.4) is 0 Å². The highest BCUT2D eigenvalue weighted by Gasteiger charge is 2.48. The fraction of sp³-hybridized carbons (Fsp3) is 0.692. The Morgan fingerprint density at radius 3 is 2.48 bits per heavy atom. The van der Waals surface area contributed by atoms with E-state index in [1.54, 1.807) is 20.8 Å². The third-order valence-corrected chi connectivity index (χ3v) is 7.01. The Kier molecular flexibility index (Phi) is 9.77. The number of ether oxygens (including phenoxy) is 2. The lowest BCUT2D eigenvalue weighted by Gasteiger charge is -2.39. The molecule has 2 heterocycles. The van der Waals surface area contributed by atoms with Crippen molar-refractivity contribution in [3.05, 3.63) is 11.1 Å². The summed E-state index contributed by atoms with van der Waals surface area (Å²) >= 11 is 1.04. The van der Waals surface area contributed by atoms with Gasteiger partial charge in [-0.3, -0.25) is 19.7 Å². The van der Waals surface area contributed by atoms with Crippen LogP contribution in [0.5, 0.6) is 0 Å². The number of rotatable bonds is 9. The molecule has 1 saturated heterocycles. The van der Waals surface area contributed by atoms with Crippen LogP contribution in [-0.2, 0) is 33.5 Å². The first kappa shape index (κ1) is 31.3. The summed E-state index contributed by atoms with van der Waals surface area (Å²) in [6.07, 6.45) is 1.33. The number of nitrogens with one attached hydrogen (secondary N) is 3. The maximum Gasteiger partial charge on any atom is 0.413 e. The monoisotopic (exact) mass is 581 g/mol. The van der Waals surface area contributed by atoms with Crippen molar-refractivity contribution < 1.29 is 38.3 Å². The zero-order valence-corrected chi connectivity index (χ0v) is 24.9. The number of nitrogens with zero attached hydrogens (tertiary/aromatic N) is 2. The molecule has 1 aromatic rings. The lowest BCUT2D eigenvalue weighted by atomic mass is 9.71. The zero-order valence-electron chi connectivity index (χ0n) is 24.0. The Hall–Kier alpha value is -3.26. The number of aromatic nitrogens is 1. The number of carbonyl (C=O) groups is 4. The van der Waals surface area contributed by atoms with E-state index in [9.17, 15) is 19.2 Å². The van der Waals surface area contributed by atoms with Crippen LogP contribution in [0.2, 0.25) is 0 Å². The van der Waals surface area contributed by atoms with Crippen molar-refractivity contribution in [1.29, 1.82) is 0 Å². The van der Waals surface area contributed by atoms with E-state index < -0.39 is 41.1 Å². The molecule has 0 bridgehead atoms. The minimum atomic E-state index is -1.39. The van der Waals surface area contributed by atoms with Gasteiger partial charge in [0.1, 0.15) is 23.9 Å². The molecule has 0 radical (unpaired) electrons. The van der Waals surface area contributed by atoms with Gasteiger partial charge in [0, 0.05) is 18.2 Å². The molecule has 0 unspecified atom stereocenters. The van der Waals surface area contributed by atoms with Crippen LogP contribution in [0.25, 0.3) is 0 Å². The molecule has 3 N–H and O–H groups in total. The fourth-order valence-electron chi connectivity index (χ4n) is 3.88. The first-order valence-corrected chi connectivity index (χ1v) is 14.1. The van der Waals surface area contributed by atoms with Gasteiger partial charge < -0.3 is 19.6 Å². The lowest BCUT2D eigenvalue weighted by molar-refractivity contribution is -0.181. The summed E-state index contributed by atoms with van der Waals surface area (Å²) in [5, 5.41) is 10.8. The van der Waals surface area contributed by atoms with Crippen molar-refractivity contribution >= 4 is 46.1 Å². The highest BCUT2D eigenvalue weighted by atomic mass is 32.1. The normalized spacial score (nSPS) is 20.4. The lowest BCUT2D eigenvalue weighted by Crippen LogP contribution is -2.48. The standard InChI is InChI=1S/C26H39N5O8S/c1-15(2)12-36-21(34)26(10-8-25(6,7)9-11-26)39-30-18(20(33)27-16-13-37-31-19(16)32)17-14-40-22(28-17)29-23(35)38-24(3,4)5/h14-16H,8-13H2,1-7H3,(H,27,33)(H,31,32)(H,28,29,35)/b30-18-/t16-/m0/s1. The Bertz CT molecular complexity index is 1130. The molecule has 1 saturated carbocycles. The van der Waals surface area contributed by atoms with Crippen LogP contribution in [0, 0.1) is 11.3 Å². The summed E-state index contributed by atoms with van der Waals surface area (Å²) in [4.78, 5) is 65.9. The largest absolute Gasteiger partial charge is 0.462 e. The van der Waals surface area contributed by atoms with Gasteiger partial charge >= 0.3 is 12.1 Å². The van der Waals surface area contributed by atoms with Crippen LogP contribution < -0.4 is 16.1 Å². The number of amides is 3. The molecule has 2 aliphatic rings. The highest BCUT2D eigenvalue weighted by molar-refractivity contribution is 7.14. The van der Waals surface area contributed by atoms with Crippen LogP contribution in [0.4, 0.5) is 9.93 Å². The minimum absolute atomic E-state index is 0.00207. The van der Waals surface area contributed by atoms with Crippen LogP contribution in [-0.4, -0.2) is 65.0 Å². The first-order valence-electron chi connectivity index (χ1n) is 13.2. The van der Waals surface area contributed by atoms with Crippen molar-refractivity contribution in [2.75, 3.05) is 18.5 Å². The number of esters is 1. The number of oxime groups is 1. The summed E-state index contributed by atoms with van der Waals surface area (Å²) < 4.78 is 10.8. The average molecular weight is 582 g/mol. The average Bonchev–Trinajstić information content (AvgIpc) is 3.46. The van der Waals surface area contributed by atoms with Crippen LogP contribution in [0.1, 0.15) is 79.8 Å². The van der Waals surface area contributed by atoms with Gasteiger partial charge in [-0.05, 0) is 44.9 Å². The van der Waals surface area contributed by atoms with Crippen molar-refractivity contribution in [3.8, 4) is 0 Å². The minimum Gasteiger partial charge on any atom is -0.462 e. The van der Waals surface area contributed by atoms with E-state index in [1.165, 1.54) is 5.38 Å². The molecule has 1 atom stereocenters. The van der Waals surface area contributed by atoms with Gasteiger partial charge in [0.05, 0.1) is 6.61 Å². The van der Waals surface area contributed by atoms with E-state index >= 15 is 0 Å². The van der Waals surface area contributed by atoms with E-state index in [-0.39, 0.29) is 41.1 Å². The van der Waals surface area contributed by atoms with Crippen molar-refractivity contribution in [1.82, 2.24) is 15.8 Å². The Morgan fingerprint density at radius 2 is 1.90 bits per heavy atom. The molecule has 222 valence electrons. The summed E-state index contributed by atoms with van der Waals surface area (Å²) in [6.45, 7) is 13.4. The molecule has 1 aromatic heterocycles. The molecule has 3 amide bonds. The molecular formula is C26H39N5O8S. The zero-order chi connectivity index (χ0) is 29.7. The van der Waals surface area contributed by atoms with E-state index in [0.29, 0.717) is 25.7 Å². The third kappa shape index (κ3) is 8.62. The predicted octanol–water partition coefficient (Wildman–Crippen LogP) is 3.30. The smallest absolute Gasteiger partial charge is 0.413 e. The number of hydrogen-bond acceptors (Lipinski definition) is 11. The van der Waals surface area contributed by atoms with Crippen molar-refractivity contribution in [3.63, 3.8) is 0 Å². The topological polar surface area (TPSA) is 167 Å². The number of hydroxylamine groups is 1. The van der Waals surface area contributed by atoms with E-state index in [4.69, 9.17) is 19.1 Å². The van der Waals surface area contributed by atoms with E-state index in [1.807, 2.05) is 13.8 Å². The van der Waals surface area contributed by atoms with Gasteiger partial charge in [0.25, 0.3) is 11.8 Å². The molecule has 13 nitrogen and oxygen atoms in total. The van der Waals surface area contributed by atoms with Gasteiger partial charge in [-0.25, -0.2) is 20.1 Å². The summed E-state index contributed by atoms with van der Waals surface area (Å²) in [7, 11) is 0. The second-order valence-electron chi connectivity index (χ2n) is 12.2. The highest BCUT2D eigenvalue weighted by Crippen LogP contribution is 2.43. The van der Waals surface area contributed by atoms with Crippen molar-refractivity contribution in [2.24, 2.45) is 16.5 Å². The van der Waals surface area contributed by atoms with Crippen molar-refractivity contribution in [2.45, 2.75) is 91.4 Å². The molecule has 1 aliphatic heterocycles. The molecule has 2 fully saturated rings. The first-order chi connectivity index (χ1) is 18.6. The van der Waals surface area contributed by atoms with Gasteiger partial charge in [-0.2, -0.15) is 0 Å². The second kappa shape index (κ2) is 12.5. The molecule has 0 aromatic carbocycles. The number of carbonyl (C=O) groups excluding carboxylic acids is 4. The van der Waals surface area contributed by atoms with Crippen LogP contribution in [0.15, 0.2) is 10.5 Å². The van der Waals surface area contributed by atoms with E-state index in [0.717, 1.165) is 11.3 Å². The van der Waals surface area contributed by atoms with Gasteiger partial charge in [0.2, 0.25) is 5.60 Å². The van der Waals surface area contributed by atoms with Gasteiger partial charge in [-0.15, -0.1) is 11.3 Å². The number of thiazole rings is 1. The SMILES string of the molecule is CC(C)COC(=O)C1(O/N=C(\C(=O)N[C@H]2CONC2=O)c2csc(NC(=O)OC(C)(C)C)n2)CCC(C)(C)CC1. The fourth-order valence-corrected chi connectivity index (χ4v) is 4.56. The van der Waals surface area contributed by atoms with Gasteiger partial charge in [0.15, 0.2) is 10.8 Å². The number of anilines is 1. The summed E-state index contributed by atoms with van der Waals surface area (Å²) in [5.41, 5.74) is -0.156. The van der Waals surface area contributed by atoms with Gasteiger partial charge in [-0.1, -0.05) is 32.9 Å². The Labute approximate surface area is 237 Å². The number of hydrogen-bond donors (Lipinski definition) is 3. The molecule has 14 heteroatoms. The second-order valence-corrected chi connectivity index (χ2v) is 13.0. The molecular weight excluding hydrogens is 542 g/mol.